The summed E-state index contributed by atoms with van der Waals surface area (Å²) in [6.45, 7) is 0. The first-order chi connectivity index (χ1) is 19.3. The zero-order valence-corrected chi connectivity index (χ0v) is 22.2. The fourth-order valence-electron chi connectivity index (χ4n) is 6.90. The van der Waals surface area contributed by atoms with Gasteiger partial charge in [-0.3, -0.25) is 0 Å². The van der Waals surface area contributed by atoms with Crippen molar-refractivity contribution in [3.63, 3.8) is 0 Å². The minimum absolute atomic E-state index is 1.02. The van der Waals surface area contributed by atoms with E-state index in [0.717, 1.165) is 12.8 Å². The van der Waals surface area contributed by atoms with Gasteiger partial charge >= 0.3 is 0 Å². The molecular weight excluding hydrogens is 488 g/mol. The second-order valence-corrected chi connectivity index (χ2v) is 11.9. The van der Waals surface area contributed by atoms with Crippen molar-refractivity contribution in [1.82, 2.24) is 0 Å². The molecule has 0 amide bonds. The van der Waals surface area contributed by atoms with Crippen LogP contribution in [0.5, 0.6) is 0 Å². The molecule has 0 N–H and O–H groups in total. The van der Waals surface area contributed by atoms with Crippen molar-refractivity contribution in [1.29, 1.82) is 0 Å². The summed E-state index contributed by atoms with van der Waals surface area (Å²) in [7, 11) is 0. The molecule has 1 heteroatoms. The maximum Gasteiger partial charge on any atom is 0.0434 e. The Balaban J connectivity index is 1.19. The van der Waals surface area contributed by atoms with Gasteiger partial charge in [-0.05, 0) is 79.6 Å². The number of rotatable bonds is 2. The molecule has 9 rings (SSSR count). The molecule has 2 aliphatic rings. The van der Waals surface area contributed by atoms with E-state index in [1.165, 1.54) is 86.9 Å². The molecule has 0 saturated heterocycles. The average molecular weight is 513 g/mol. The maximum absolute atomic E-state index is 2.42. The van der Waals surface area contributed by atoms with Gasteiger partial charge in [0.05, 0.1) is 0 Å². The van der Waals surface area contributed by atoms with Gasteiger partial charge in [0.25, 0.3) is 0 Å². The van der Waals surface area contributed by atoms with E-state index in [1.54, 1.807) is 0 Å². The quantitative estimate of drug-likeness (QED) is 0.216. The highest BCUT2D eigenvalue weighted by atomic mass is 32.1. The maximum atomic E-state index is 2.42. The third-order valence-corrected chi connectivity index (χ3v) is 10.0. The Morgan fingerprint density at radius 1 is 0.359 bits per heavy atom. The van der Waals surface area contributed by atoms with E-state index in [1.807, 2.05) is 11.3 Å². The molecule has 0 bridgehead atoms. The van der Waals surface area contributed by atoms with E-state index in [0.29, 0.717) is 0 Å². The highest BCUT2D eigenvalue weighted by Crippen LogP contribution is 2.46. The fourth-order valence-corrected chi connectivity index (χ4v) is 8.27. The van der Waals surface area contributed by atoms with Crippen molar-refractivity contribution in [3.05, 3.63) is 144 Å². The predicted octanol–water partition coefficient (Wildman–Crippen LogP) is 10.5. The van der Waals surface area contributed by atoms with Crippen LogP contribution in [0.4, 0.5) is 0 Å². The van der Waals surface area contributed by atoms with Crippen molar-refractivity contribution >= 4 is 31.5 Å². The van der Waals surface area contributed by atoms with E-state index in [4.69, 9.17) is 0 Å². The third kappa shape index (κ3) is 3.11. The van der Waals surface area contributed by atoms with Gasteiger partial charge in [-0.15, -0.1) is 11.3 Å². The van der Waals surface area contributed by atoms with Gasteiger partial charge in [0.2, 0.25) is 0 Å². The van der Waals surface area contributed by atoms with E-state index in [2.05, 4.69) is 121 Å². The first-order valence-corrected chi connectivity index (χ1v) is 14.5. The van der Waals surface area contributed by atoms with Crippen molar-refractivity contribution in [2.45, 2.75) is 12.8 Å². The lowest BCUT2D eigenvalue weighted by molar-refractivity contribution is 1.26. The Hall–Kier alpha value is -4.46. The predicted molar refractivity (Wildman–Crippen MR) is 167 cm³/mol. The molecule has 1 heterocycles. The summed E-state index contributed by atoms with van der Waals surface area (Å²) in [5.74, 6) is 0. The van der Waals surface area contributed by atoms with Gasteiger partial charge in [-0.2, -0.15) is 0 Å². The molecule has 2 aliphatic carbocycles. The van der Waals surface area contributed by atoms with Crippen LogP contribution in [0, 0.1) is 0 Å². The van der Waals surface area contributed by atoms with Crippen LogP contribution in [-0.4, -0.2) is 0 Å². The molecule has 0 atom stereocenters. The lowest BCUT2D eigenvalue weighted by Gasteiger charge is -2.07. The lowest BCUT2D eigenvalue weighted by atomic mass is 9.96. The van der Waals surface area contributed by atoms with Crippen LogP contribution in [-0.2, 0) is 12.8 Å². The molecular formula is C38H24S. The molecule has 0 unspecified atom stereocenters. The van der Waals surface area contributed by atoms with Crippen LogP contribution in [0.1, 0.15) is 22.3 Å². The molecule has 182 valence electrons. The molecule has 0 saturated carbocycles. The normalized spacial score (nSPS) is 12.9. The van der Waals surface area contributed by atoms with Crippen molar-refractivity contribution in [3.8, 4) is 44.5 Å². The number of hydrogen-bond donors (Lipinski definition) is 0. The summed E-state index contributed by atoms with van der Waals surface area (Å²) < 4.78 is 2.76. The first-order valence-electron chi connectivity index (χ1n) is 13.7. The topological polar surface area (TPSA) is 0 Å². The minimum atomic E-state index is 1.02. The minimum Gasteiger partial charge on any atom is -0.134 e. The summed E-state index contributed by atoms with van der Waals surface area (Å²) in [5, 5.41) is 2.71. The monoisotopic (exact) mass is 512 g/mol. The summed E-state index contributed by atoms with van der Waals surface area (Å²) >= 11 is 1.95. The van der Waals surface area contributed by atoms with Crippen LogP contribution < -0.4 is 0 Å². The largest absolute Gasteiger partial charge is 0.134 e. The summed E-state index contributed by atoms with van der Waals surface area (Å²) in [6.07, 6.45) is 2.04. The number of fused-ring (bicyclic) bond motifs is 9. The number of hydrogen-bond acceptors (Lipinski definition) is 1. The van der Waals surface area contributed by atoms with Gasteiger partial charge < -0.3 is 0 Å². The van der Waals surface area contributed by atoms with Crippen LogP contribution in [0.25, 0.3) is 64.7 Å². The van der Waals surface area contributed by atoms with Crippen molar-refractivity contribution < 1.29 is 0 Å². The van der Waals surface area contributed by atoms with E-state index in [9.17, 15) is 0 Å². The molecule has 7 aromatic rings. The lowest BCUT2D eigenvalue weighted by Crippen LogP contribution is -1.84. The summed E-state index contributed by atoms with van der Waals surface area (Å²) in [5.41, 5.74) is 16.6. The molecule has 39 heavy (non-hydrogen) atoms. The Morgan fingerprint density at radius 2 is 0.795 bits per heavy atom. The zero-order valence-electron chi connectivity index (χ0n) is 21.4. The second-order valence-electron chi connectivity index (χ2n) is 10.9. The van der Waals surface area contributed by atoms with Gasteiger partial charge in [0, 0.05) is 20.2 Å². The number of thiophene rings is 1. The molecule has 0 aliphatic heterocycles. The smallest absolute Gasteiger partial charge is 0.0434 e. The molecule has 0 fully saturated rings. The molecule has 1 aromatic heterocycles. The molecule has 0 nitrogen and oxygen atoms in total. The van der Waals surface area contributed by atoms with E-state index in [-0.39, 0.29) is 0 Å². The third-order valence-electron chi connectivity index (χ3n) is 8.73. The summed E-state index contributed by atoms with van der Waals surface area (Å²) in [4.78, 5) is 0. The highest BCUT2D eigenvalue weighted by molar-refractivity contribution is 7.26. The van der Waals surface area contributed by atoms with Gasteiger partial charge in [-0.1, -0.05) is 121 Å². The first kappa shape index (κ1) is 21.5. The van der Waals surface area contributed by atoms with Crippen LogP contribution in [0.2, 0.25) is 0 Å². The Morgan fingerprint density at radius 3 is 1.31 bits per heavy atom. The standard InChI is InChI=1S/C38H24S/c1-3-9-29-23(7-1)19-27-21-25(15-17-31(27)29)33-11-5-13-35-36-14-6-12-34(38(36)39-37(33)35)26-16-18-32-28(22-26)20-24-8-2-4-10-30(24)32/h1-18,21-22H,19-20H2. The SMILES string of the molecule is c1ccc2c(c1)Cc1cc(-c3cccc4c3sc3c(-c5ccc6c(c5)Cc5ccccc5-6)cccc34)ccc1-2. The van der Waals surface area contributed by atoms with Crippen LogP contribution in [0.15, 0.2) is 121 Å². The van der Waals surface area contributed by atoms with Crippen molar-refractivity contribution in [2.24, 2.45) is 0 Å². The molecule has 0 spiro atoms. The zero-order chi connectivity index (χ0) is 25.5. The number of benzene rings is 6. The average Bonchev–Trinajstić information content (AvgIpc) is 3.67. The highest BCUT2D eigenvalue weighted by Gasteiger charge is 2.21. The van der Waals surface area contributed by atoms with Gasteiger partial charge in [0.15, 0.2) is 0 Å². The Labute approximate surface area is 231 Å². The fraction of sp³-hybridized carbons (Fsp3) is 0.0526. The Bertz CT molecular complexity index is 1970. The van der Waals surface area contributed by atoms with Gasteiger partial charge in [0.1, 0.15) is 0 Å². The summed E-state index contributed by atoms with van der Waals surface area (Å²) in [6, 6.07) is 45.4. The molecule has 0 radical (unpaired) electrons. The van der Waals surface area contributed by atoms with Crippen molar-refractivity contribution in [2.75, 3.05) is 0 Å². The van der Waals surface area contributed by atoms with Crippen LogP contribution >= 0.6 is 11.3 Å². The van der Waals surface area contributed by atoms with Gasteiger partial charge in [-0.25, -0.2) is 0 Å². The van der Waals surface area contributed by atoms with E-state index >= 15 is 0 Å². The Kier molecular flexibility index (Phi) is 4.42. The second kappa shape index (κ2) is 8.02. The van der Waals surface area contributed by atoms with Crippen LogP contribution in [0.3, 0.4) is 0 Å². The molecule has 6 aromatic carbocycles. The van der Waals surface area contributed by atoms with E-state index < -0.39 is 0 Å².